The highest BCUT2D eigenvalue weighted by molar-refractivity contribution is 6.02. The van der Waals surface area contributed by atoms with Gasteiger partial charge in [0.05, 0.1) is 29.1 Å². The maximum absolute atomic E-state index is 12.6. The number of benzene rings is 2. The number of amides is 2. The number of methoxy groups -OCH3 is 1. The molecule has 0 fully saturated rings. The first kappa shape index (κ1) is 23.4. The van der Waals surface area contributed by atoms with E-state index in [-0.39, 0.29) is 11.3 Å². The highest BCUT2D eigenvalue weighted by Crippen LogP contribution is 2.35. The smallest absolute Gasteiger partial charge is 0.387 e. The molecule has 2 amide bonds. The van der Waals surface area contributed by atoms with Crippen molar-refractivity contribution in [2.45, 2.75) is 27.0 Å². The van der Waals surface area contributed by atoms with E-state index in [1.807, 2.05) is 18.4 Å². The van der Waals surface area contributed by atoms with Crippen LogP contribution in [0.3, 0.4) is 0 Å². The van der Waals surface area contributed by atoms with Crippen LogP contribution in [0.1, 0.15) is 33.5 Å². The number of hydrogen-bond acceptors (Lipinski definition) is 7. The molecule has 2 N–H and O–H groups in total. The number of nitro groups is 1. The minimum atomic E-state index is -3.26. The molecule has 0 aliphatic rings. The lowest BCUT2D eigenvalue weighted by Gasteiger charge is -2.12. The molecule has 11 nitrogen and oxygen atoms in total. The first-order chi connectivity index (χ1) is 15.7. The summed E-state index contributed by atoms with van der Waals surface area (Å²) in [7, 11) is 1.11. The molecule has 33 heavy (non-hydrogen) atoms. The lowest BCUT2D eigenvalue weighted by atomic mass is 10.1. The van der Waals surface area contributed by atoms with Crippen LogP contribution in [0.5, 0.6) is 11.5 Å². The number of ether oxygens (including phenoxy) is 2. The number of nitrogens with one attached hydrogen (secondary N) is 2. The Balaban J connectivity index is 1.81. The molecule has 0 atom stereocenters. The summed E-state index contributed by atoms with van der Waals surface area (Å²) in [6, 6.07) is 6.30. The fourth-order valence-corrected chi connectivity index (χ4v) is 3.27. The Kier molecular flexibility index (Phi) is 6.70. The molecule has 13 heteroatoms. The van der Waals surface area contributed by atoms with Crippen LogP contribution in [-0.2, 0) is 6.54 Å². The van der Waals surface area contributed by atoms with Gasteiger partial charge in [-0.05, 0) is 32.0 Å². The molecule has 0 saturated heterocycles. The fraction of sp³-hybridized carbons (Fsp3) is 0.250. The third-order valence-electron chi connectivity index (χ3n) is 4.75. The average molecular weight is 463 g/mol. The van der Waals surface area contributed by atoms with E-state index in [1.54, 1.807) is 12.1 Å². The first-order valence-corrected chi connectivity index (χ1v) is 9.55. The molecule has 1 aromatic heterocycles. The van der Waals surface area contributed by atoms with Crippen molar-refractivity contribution in [2.75, 3.05) is 7.11 Å². The number of aryl methyl sites for hydroxylation is 2. The molecule has 0 unspecified atom stereocenters. The predicted octanol–water partition coefficient (Wildman–Crippen LogP) is 2.96. The van der Waals surface area contributed by atoms with Gasteiger partial charge in [0.2, 0.25) is 0 Å². The molecule has 0 radical (unpaired) electrons. The van der Waals surface area contributed by atoms with Crippen molar-refractivity contribution in [3.63, 3.8) is 0 Å². The molecule has 0 bridgehead atoms. The van der Waals surface area contributed by atoms with Gasteiger partial charge < -0.3 is 14.0 Å². The lowest BCUT2D eigenvalue weighted by Crippen LogP contribution is -2.41. The molecule has 174 valence electrons. The second kappa shape index (κ2) is 9.46. The first-order valence-electron chi connectivity index (χ1n) is 9.55. The van der Waals surface area contributed by atoms with E-state index in [9.17, 15) is 28.5 Å². The van der Waals surface area contributed by atoms with Crippen LogP contribution >= 0.6 is 0 Å². The van der Waals surface area contributed by atoms with Crippen molar-refractivity contribution in [1.82, 2.24) is 20.4 Å². The molecule has 3 aromatic rings. The van der Waals surface area contributed by atoms with Gasteiger partial charge >= 0.3 is 6.61 Å². The second-order valence-corrected chi connectivity index (χ2v) is 6.67. The van der Waals surface area contributed by atoms with Crippen LogP contribution in [0.25, 0.3) is 11.0 Å². The molecule has 3 rings (SSSR count). The van der Waals surface area contributed by atoms with Crippen LogP contribution in [0.2, 0.25) is 0 Å². The number of nitrogens with zero attached hydrogens (tertiary/aromatic N) is 3. The highest BCUT2D eigenvalue weighted by atomic mass is 19.3. The van der Waals surface area contributed by atoms with Crippen LogP contribution in [-0.4, -0.2) is 40.0 Å². The topological polar surface area (TPSA) is 138 Å². The third kappa shape index (κ3) is 4.81. The monoisotopic (exact) mass is 463 g/mol. The van der Waals surface area contributed by atoms with Gasteiger partial charge in [-0.1, -0.05) is 0 Å². The Morgan fingerprint density at radius 1 is 1.18 bits per heavy atom. The van der Waals surface area contributed by atoms with Gasteiger partial charge in [0.1, 0.15) is 11.4 Å². The summed E-state index contributed by atoms with van der Waals surface area (Å²) >= 11 is 0. The summed E-state index contributed by atoms with van der Waals surface area (Å²) in [6.07, 6.45) is 0. The van der Waals surface area contributed by atoms with Gasteiger partial charge in [0.15, 0.2) is 11.5 Å². The van der Waals surface area contributed by atoms with Crippen LogP contribution in [0.15, 0.2) is 30.3 Å². The van der Waals surface area contributed by atoms with Gasteiger partial charge in [-0.15, -0.1) is 0 Å². The molecule has 0 aliphatic carbocycles. The molecule has 0 aliphatic heterocycles. The normalized spacial score (nSPS) is 10.8. The van der Waals surface area contributed by atoms with Gasteiger partial charge in [0, 0.05) is 18.2 Å². The average Bonchev–Trinajstić information content (AvgIpc) is 3.10. The summed E-state index contributed by atoms with van der Waals surface area (Å²) in [6.45, 7) is 1.24. The molecular formula is C20H19F2N5O6. The summed E-state index contributed by atoms with van der Waals surface area (Å²) in [5.41, 5.74) is 4.49. The summed E-state index contributed by atoms with van der Waals surface area (Å²) in [4.78, 5) is 39.8. The van der Waals surface area contributed by atoms with Crippen molar-refractivity contribution in [3.8, 4) is 11.5 Å². The summed E-state index contributed by atoms with van der Waals surface area (Å²) < 4.78 is 36.2. The minimum Gasteiger partial charge on any atom is -0.493 e. The number of fused-ring (bicyclic) bond motifs is 1. The van der Waals surface area contributed by atoms with E-state index < -0.39 is 40.3 Å². The largest absolute Gasteiger partial charge is 0.493 e. The van der Waals surface area contributed by atoms with Gasteiger partial charge in [0.25, 0.3) is 17.5 Å². The Morgan fingerprint density at radius 2 is 1.88 bits per heavy atom. The number of nitro benzene ring substituents is 1. The minimum absolute atomic E-state index is 0.191. The molecule has 1 heterocycles. The number of hydrogen-bond donors (Lipinski definition) is 2. The fourth-order valence-electron chi connectivity index (χ4n) is 3.27. The zero-order valence-corrected chi connectivity index (χ0v) is 17.7. The second-order valence-electron chi connectivity index (χ2n) is 6.67. The Bertz CT molecular complexity index is 1240. The number of aromatic nitrogens is 2. The lowest BCUT2D eigenvalue weighted by molar-refractivity contribution is -0.385. The third-order valence-corrected chi connectivity index (χ3v) is 4.75. The molecule has 0 spiro atoms. The van der Waals surface area contributed by atoms with Gasteiger partial charge in [-0.2, -0.15) is 8.78 Å². The standard InChI is InChI=1S/C20H19F2N5O6/c1-4-26-10(2)23-13-7-11(5-6-14(13)26)18(28)24-25-19(29)12-8-16(32-3)17(33-20(21)22)9-15(12)27(30)31/h5-9,20H,4H2,1-3H3,(H,24,28)(H,25,29). The van der Waals surface area contributed by atoms with Gasteiger partial charge in [-0.3, -0.25) is 30.6 Å². The Morgan fingerprint density at radius 3 is 2.48 bits per heavy atom. The number of carbonyl (C=O) groups is 2. The number of imidazole rings is 1. The number of halogens is 2. The van der Waals surface area contributed by atoms with E-state index >= 15 is 0 Å². The Hall–Kier alpha value is -4.29. The van der Waals surface area contributed by atoms with Crippen LogP contribution in [0, 0.1) is 17.0 Å². The Labute approximate surface area is 185 Å². The number of alkyl halides is 2. The zero-order valence-electron chi connectivity index (χ0n) is 17.7. The predicted molar refractivity (Wildman–Crippen MR) is 111 cm³/mol. The van der Waals surface area contributed by atoms with E-state index in [2.05, 4.69) is 20.6 Å². The number of carbonyl (C=O) groups excluding carboxylic acids is 2. The quantitative estimate of drug-likeness (QED) is 0.406. The highest BCUT2D eigenvalue weighted by Gasteiger charge is 2.26. The summed E-state index contributed by atoms with van der Waals surface area (Å²) in [5, 5.41) is 11.3. The van der Waals surface area contributed by atoms with E-state index in [1.165, 1.54) is 6.07 Å². The van der Waals surface area contributed by atoms with Crippen molar-refractivity contribution >= 4 is 28.5 Å². The van der Waals surface area contributed by atoms with E-state index in [0.717, 1.165) is 24.5 Å². The van der Waals surface area contributed by atoms with Crippen LogP contribution in [0.4, 0.5) is 14.5 Å². The number of hydrazine groups is 1. The van der Waals surface area contributed by atoms with Crippen molar-refractivity contribution in [2.24, 2.45) is 0 Å². The van der Waals surface area contributed by atoms with Crippen LogP contribution < -0.4 is 20.3 Å². The maximum Gasteiger partial charge on any atom is 0.387 e. The SMILES string of the molecule is CCn1c(C)nc2cc(C(=O)NNC(=O)c3cc(OC)c(OC(F)F)cc3[N+](=O)[O-])ccc21. The number of rotatable bonds is 7. The molecule has 0 saturated carbocycles. The van der Waals surface area contributed by atoms with Gasteiger partial charge in [-0.25, -0.2) is 4.98 Å². The van der Waals surface area contributed by atoms with Crippen molar-refractivity contribution in [1.29, 1.82) is 0 Å². The molecular weight excluding hydrogens is 444 g/mol. The molecule has 2 aromatic carbocycles. The maximum atomic E-state index is 12.6. The zero-order chi connectivity index (χ0) is 24.3. The van der Waals surface area contributed by atoms with E-state index in [0.29, 0.717) is 18.1 Å². The van der Waals surface area contributed by atoms with E-state index in [4.69, 9.17) is 4.74 Å². The van der Waals surface area contributed by atoms with Crippen molar-refractivity contribution < 1.29 is 32.8 Å². The van der Waals surface area contributed by atoms with Crippen molar-refractivity contribution in [3.05, 3.63) is 57.4 Å². The summed E-state index contributed by atoms with van der Waals surface area (Å²) in [5.74, 6) is -1.93.